The van der Waals surface area contributed by atoms with Crippen LogP contribution in [-0.2, 0) is 4.74 Å². The maximum Gasteiger partial charge on any atom is 0.505 e. The number of carboxylic acid groups (broad SMARTS) is 1. The number of hydrogen-bond acceptors (Lipinski definition) is 2. The van der Waals surface area contributed by atoms with E-state index in [9.17, 15) is 4.79 Å². The molecule has 0 spiro atoms. The molecule has 140 valence electrons. The summed E-state index contributed by atoms with van der Waals surface area (Å²) in [5, 5.41) is 8.32. The van der Waals surface area contributed by atoms with E-state index in [-0.39, 0.29) is 12.4 Å². The smallest absolute Gasteiger partial charge is 0.450 e. The van der Waals surface area contributed by atoms with Gasteiger partial charge >= 0.3 is 6.16 Å². The van der Waals surface area contributed by atoms with Crippen molar-refractivity contribution in [3.63, 3.8) is 0 Å². The predicted molar refractivity (Wildman–Crippen MR) is 101 cm³/mol. The molecule has 0 aromatic carbocycles. The molecule has 0 amide bonds. The van der Waals surface area contributed by atoms with E-state index in [1.165, 1.54) is 89.9 Å². The Morgan fingerprint density at radius 3 is 1.26 bits per heavy atom. The van der Waals surface area contributed by atoms with Crippen molar-refractivity contribution >= 4 is 18.6 Å². The van der Waals surface area contributed by atoms with E-state index in [4.69, 9.17) is 5.11 Å². The summed E-state index contributed by atoms with van der Waals surface area (Å²) in [4.78, 5) is 10.1. The average molecular weight is 351 g/mol. The maximum absolute atomic E-state index is 10.1. The second-order valence-electron chi connectivity index (χ2n) is 6.42. The Bertz CT molecular complexity index is 235. The highest BCUT2D eigenvalue weighted by Gasteiger charge is 1.96. The lowest BCUT2D eigenvalue weighted by molar-refractivity contribution is 0.0899. The van der Waals surface area contributed by atoms with Gasteiger partial charge in [-0.3, -0.25) is 0 Å². The highest BCUT2D eigenvalue weighted by molar-refractivity contribution is 5.85. The predicted octanol–water partition coefficient (Wildman–Crippen LogP) is 7.36. The van der Waals surface area contributed by atoms with Crippen molar-refractivity contribution in [3.05, 3.63) is 0 Å². The molecule has 0 atom stereocenters. The Hall–Kier alpha value is -0.440. The van der Waals surface area contributed by atoms with Gasteiger partial charge in [0.05, 0.1) is 6.61 Å². The second kappa shape index (κ2) is 21.6. The molecule has 0 aliphatic heterocycles. The zero-order valence-electron chi connectivity index (χ0n) is 15.2. The van der Waals surface area contributed by atoms with Gasteiger partial charge in [0.1, 0.15) is 0 Å². The molecule has 0 fully saturated rings. The molecule has 0 saturated heterocycles. The van der Waals surface area contributed by atoms with Crippen molar-refractivity contribution < 1.29 is 14.6 Å². The Morgan fingerprint density at radius 1 is 0.652 bits per heavy atom. The minimum Gasteiger partial charge on any atom is -0.450 e. The summed E-state index contributed by atoms with van der Waals surface area (Å²) in [6, 6.07) is 0. The zero-order valence-corrected chi connectivity index (χ0v) is 16.0. The van der Waals surface area contributed by atoms with Gasteiger partial charge in [-0.2, -0.15) is 0 Å². The summed E-state index contributed by atoms with van der Waals surface area (Å²) in [6.45, 7) is 2.63. The number of halogens is 1. The van der Waals surface area contributed by atoms with Crippen molar-refractivity contribution in [1.29, 1.82) is 0 Å². The topological polar surface area (TPSA) is 46.5 Å². The number of ether oxygens (including phenoxy) is 1. The van der Waals surface area contributed by atoms with Crippen LogP contribution in [0.25, 0.3) is 0 Å². The van der Waals surface area contributed by atoms with Crippen LogP contribution in [0.2, 0.25) is 0 Å². The SMILES string of the molecule is CCCCCCCCCCCCCCCCCCOC(=O)O.Cl. The third-order valence-corrected chi connectivity index (χ3v) is 4.22. The molecule has 0 aromatic heterocycles. The van der Waals surface area contributed by atoms with E-state index in [1.54, 1.807) is 0 Å². The summed E-state index contributed by atoms with van der Waals surface area (Å²) >= 11 is 0. The molecule has 23 heavy (non-hydrogen) atoms. The first-order valence-corrected chi connectivity index (χ1v) is 9.63. The zero-order chi connectivity index (χ0) is 16.3. The van der Waals surface area contributed by atoms with Gasteiger partial charge in [-0.15, -0.1) is 12.4 Å². The van der Waals surface area contributed by atoms with Crippen LogP contribution < -0.4 is 0 Å². The summed E-state index contributed by atoms with van der Waals surface area (Å²) in [5.74, 6) is 0. The average Bonchev–Trinajstić information content (AvgIpc) is 2.50. The van der Waals surface area contributed by atoms with Gasteiger partial charge in [0.25, 0.3) is 0 Å². The second-order valence-corrected chi connectivity index (χ2v) is 6.42. The molecular weight excluding hydrogens is 312 g/mol. The lowest BCUT2D eigenvalue weighted by Gasteiger charge is -2.03. The van der Waals surface area contributed by atoms with Crippen LogP contribution in [0.3, 0.4) is 0 Å². The third kappa shape index (κ3) is 23.9. The van der Waals surface area contributed by atoms with Crippen LogP contribution in [0, 0.1) is 0 Å². The van der Waals surface area contributed by atoms with Gasteiger partial charge in [-0.25, -0.2) is 4.79 Å². The van der Waals surface area contributed by atoms with Crippen LogP contribution in [-0.4, -0.2) is 17.9 Å². The number of hydrogen-bond donors (Lipinski definition) is 1. The molecule has 4 heteroatoms. The Labute approximate surface area is 150 Å². The van der Waals surface area contributed by atoms with Gasteiger partial charge in [0.15, 0.2) is 0 Å². The summed E-state index contributed by atoms with van der Waals surface area (Å²) in [5.41, 5.74) is 0. The first-order chi connectivity index (χ1) is 10.8. The lowest BCUT2D eigenvalue weighted by atomic mass is 10.0. The van der Waals surface area contributed by atoms with E-state index >= 15 is 0 Å². The Kier molecular flexibility index (Phi) is 23.3. The van der Waals surface area contributed by atoms with Gasteiger partial charge in [-0.05, 0) is 6.42 Å². The number of unbranched alkanes of at least 4 members (excludes halogenated alkanes) is 15. The van der Waals surface area contributed by atoms with Crippen LogP contribution in [0.1, 0.15) is 110 Å². The maximum atomic E-state index is 10.1. The van der Waals surface area contributed by atoms with Crippen molar-refractivity contribution in [3.8, 4) is 0 Å². The molecule has 0 radical (unpaired) electrons. The quantitative estimate of drug-likeness (QED) is 0.220. The minimum atomic E-state index is -1.15. The van der Waals surface area contributed by atoms with Crippen molar-refractivity contribution in [2.24, 2.45) is 0 Å². The first-order valence-electron chi connectivity index (χ1n) is 9.63. The molecule has 1 N–H and O–H groups in total. The molecular formula is C19H39ClO3. The fraction of sp³-hybridized carbons (Fsp3) is 0.947. The third-order valence-electron chi connectivity index (χ3n) is 4.22. The molecule has 0 aromatic rings. The van der Waals surface area contributed by atoms with E-state index in [0.29, 0.717) is 6.61 Å². The van der Waals surface area contributed by atoms with E-state index in [0.717, 1.165) is 12.8 Å². The van der Waals surface area contributed by atoms with E-state index in [1.807, 2.05) is 0 Å². The summed E-state index contributed by atoms with van der Waals surface area (Å²) in [6.07, 6.45) is 20.1. The van der Waals surface area contributed by atoms with Gasteiger partial charge in [0.2, 0.25) is 0 Å². The highest BCUT2D eigenvalue weighted by Crippen LogP contribution is 2.13. The molecule has 0 rings (SSSR count). The lowest BCUT2D eigenvalue weighted by Crippen LogP contribution is -2.01. The summed E-state index contributed by atoms with van der Waals surface area (Å²) in [7, 11) is 0. The molecule has 0 saturated carbocycles. The van der Waals surface area contributed by atoms with Gasteiger partial charge in [-0.1, -0.05) is 103 Å². The van der Waals surface area contributed by atoms with E-state index < -0.39 is 6.16 Å². The highest BCUT2D eigenvalue weighted by atomic mass is 35.5. The molecule has 0 bridgehead atoms. The van der Waals surface area contributed by atoms with Crippen molar-refractivity contribution in [2.45, 2.75) is 110 Å². The largest absolute Gasteiger partial charge is 0.505 e. The van der Waals surface area contributed by atoms with Crippen LogP contribution in [0.4, 0.5) is 4.79 Å². The van der Waals surface area contributed by atoms with Crippen LogP contribution in [0.5, 0.6) is 0 Å². The fourth-order valence-electron chi connectivity index (χ4n) is 2.81. The monoisotopic (exact) mass is 350 g/mol. The molecule has 3 nitrogen and oxygen atoms in total. The Morgan fingerprint density at radius 2 is 0.957 bits per heavy atom. The number of carbonyl (C=O) groups is 1. The normalized spacial score (nSPS) is 10.3. The molecule has 0 unspecified atom stereocenters. The van der Waals surface area contributed by atoms with Gasteiger partial charge < -0.3 is 9.84 Å². The van der Waals surface area contributed by atoms with Crippen molar-refractivity contribution in [2.75, 3.05) is 6.61 Å². The van der Waals surface area contributed by atoms with Crippen LogP contribution in [0.15, 0.2) is 0 Å². The summed E-state index contributed by atoms with van der Waals surface area (Å²) < 4.78 is 4.48. The Balaban J connectivity index is 0. The van der Waals surface area contributed by atoms with Crippen LogP contribution >= 0.6 is 12.4 Å². The molecule has 0 aliphatic rings. The minimum absolute atomic E-state index is 0. The molecule has 0 heterocycles. The standard InChI is InChI=1S/C19H38O3.ClH/c1-2-3-4-5-6-7-8-9-10-11-12-13-14-15-16-17-18-22-19(20)21;/h2-18H2,1H3,(H,20,21);1H. The number of rotatable bonds is 17. The molecule has 0 aliphatic carbocycles. The van der Waals surface area contributed by atoms with E-state index in [2.05, 4.69) is 11.7 Å². The van der Waals surface area contributed by atoms with Gasteiger partial charge in [0, 0.05) is 0 Å². The van der Waals surface area contributed by atoms with Crippen molar-refractivity contribution in [1.82, 2.24) is 0 Å². The first kappa shape index (κ1) is 24.8. The fourth-order valence-corrected chi connectivity index (χ4v) is 2.81.